The fourth-order valence-corrected chi connectivity index (χ4v) is 3.08. The lowest BCUT2D eigenvalue weighted by Gasteiger charge is -2.10. The molecule has 2 heterocycles. The highest BCUT2D eigenvalue weighted by Crippen LogP contribution is 2.24. The Morgan fingerprint density at radius 3 is 2.50 bits per heavy atom. The number of anilines is 2. The van der Waals surface area contributed by atoms with Gasteiger partial charge >= 0.3 is 6.03 Å². The van der Waals surface area contributed by atoms with Gasteiger partial charge in [-0.25, -0.2) is 23.5 Å². The smallest absolute Gasteiger partial charge is 0.319 e. The number of aromatic nitrogens is 3. The zero-order chi connectivity index (χ0) is 21.1. The zero-order valence-corrected chi connectivity index (χ0v) is 16.0. The monoisotopic (exact) mass is 408 g/mol. The molecular weight excluding hydrogens is 390 g/mol. The summed E-state index contributed by atoms with van der Waals surface area (Å²) in [5, 5.41) is 8.09. The maximum atomic E-state index is 13.6. The van der Waals surface area contributed by atoms with E-state index in [4.69, 9.17) is 0 Å². The molecule has 0 saturated carbocycles. The van der Waals surface area contributed by atoms with Crippen LogP contribution in [-0.2, 0) is 6.54 Å². The minimum absolute atomic E-state index is 0.189. The van der Waals surface area contributed by atoms with Crippen molar-refractivity contribution in [3.05, 3.63) is 78.3 Å². The molecule has 3 N–H and O–H groups in total. The van der Waals surface area contributed by atoms with E-state index in [-0.39, 0.29) is 12.1 Å². The number of nitrogens with one attached hydrogen (secondary N) is 3. The first-order valence-corrected chi connectivity index (χ1v) is 9.15. The van der Waals surface area contributed by atoms with Gasteiger partial charge in [0.2, 0.25) is 0 Å². The highest BCUT2D eigenvalue weighted by molar-refractivity contribution is 5.89. The van der Waals surface area contributed by atoms with E-state index in [9.17, 15) is 13.6 Å². The Balaban J connectivity index is 1.45. The topological polar surface area (TPSA) is 83.3 Å². The van der Waals surface area contributed by atoms with Crippen LogP contribution in [0.4, 0.5) is 25.1 Å². The molecule has 152 valence electrons. The van der Waals surface area contributed by atoms with Crippen LogP contribution in [-0.4, -0.2) is 27.4 Å². The number of imidazole rings is 1. The number of fused-ring (bicyclic) bond motifs is 1. The number of benzene rings is 2. The molecule has 2 amide bonds. The first-order chi connectivity index (χ1) is 14.6. The van der Waals surface area contributed by atoms with Gasteiger partial charge in [0, 0.05) is 36.3 Å². The van der Waals surface area contributed by atoms with Gasteiger partial charge in [-0.05, 0) is 24.3 Å². The van der Waals surface area contributed by atoms with Crippen LogP contribution in [0, 0.1) is 11.6 Å². The number of urea groups is 1. The van der Waals surface area contributed by atoms with E-state index in [0.29, 0.717) is 17.2 Å². The van der Waals surface area contributed by atoms with Gasteiger partial charge in [0.1, 0.15) is 11.6 Å². The summed E-state index contributed by atoms with van der Waals surface area (Å²) in [5.74, 6) is -0.737. The molecule has 0 spiro atoms. The molecule has 0 radical (unpaired) electrons. The van der Waals surface area contributed by atoms with Gasteiger partial charge in [-0.15, -0.1) is 0 Å². The van der Waals surface area contributed by atoms with E-state index >= 15 is 0 Å². The summed E-state index contributed by atoms with van der Waals surface area (Å²) in [6.45, 7) is -0.258. The molecule has 2 aromatic carbocycles. The van der Waals surface area contributed by atoms with E-state index in [1.165, 1.54) is 6.07 Å². The van der Waals surface area contributed by atoms with E-state index in [2.05, 4.69) is 25.9 Å². The summed E-state index contributed by atoms with van der Waals surface area (Å²) < 4.78 is 29.2. The molecular formula is C21H18F2N6O. The molecule has 0 aliphatic heterocycles. The summed E-state index contributed by atoms with van der Waals surface area (Å²) in [6, 6.07) is 10.2. The SMILES string of the molecule is CNc1nccn2c(-c3ccc(NC(=O)NCc4c(F)cccc4F)cc3)cnc12. The van der Waals surface area contributed by atoms with Crippen LogP contribution in [0.2, 0.25) is 0 Å². The number of hydrogen-bond donors (Lipinski definition) is 3. The van der Waals surface area contributed by atoms with Crippen molar-refractivity contribution in [2.24, 2.45) is 0 Å². The molecule has 9 heteroatoms. The minimum atomic E-state index is -0.704. The van der Waals surface area contributed by atoms with E-state index in [1.807, 2.05) is 22.7 Å². The standard InChI is InChI=1S/C21H18F2N6O/c1-24-19-20-26-12-18(29(20)10-9-25-19)13-5-7-14(8-6-13)28-21(30)27-11-15-16(22)3-2-4-17(15)23/h2-10,12H,11H2,1H3,(H,24,25)(H2,27,28,30). The lowest BCUT2D eigenvalue weighted by atomic mass is 10.1. The Kier molecular flexibility index (Phi) is 5.25. The molecule has 30 heavy (non-hydrogen) atoms. The lowest BCUT2D eigenvalue weighted by Crippen LogP contribution is -2.28. The number of halogens is 2. The van der Waals surface area contributed by atoms with Gasteiger partial charge in [0.05, 0.1) is 18.4 Å². The maximum absolute atomic E-state index is 13.6. The van der Waals surface area contributed by atoms with Crippen molar-refractivity contribution in [3.63, 3.8) is 0 Å². The quantitative estimate of drug-likeness (QED) is 0.466. The van der Waals surface area contributed by atoms with Crippen molar-refractivity contribution in [1.82, 2.24) is 19.7 Å². The second kappa shape index (κ2) is 8.16. The van der Waals surface area contributed by atoms with Crippen molar-refractivity contribution < 1.29 is 13.6 Å². The number of carbonyl (C=O) groups excluding carboxylic acids is 1. The summed E-state index contributed by atoms with van der Waals surface area (Å²) >= 11 is 0. The zero-order valence-electron chi connectivity index (χ0n) is 16.0. The highest BCUT2D eigenvalue weighted by atomic mass is 19.1. The largest absolute Gasteiger partial charge is 0.370 e. The first kappa shape index (κ1) is 19.3. The fraction of sp³-hybridized carbons (Fsp3) is 0.0952. The Morgan fingerprint density at radius 2 is 1.80 bits per heavy atom. The van der Waals surface area contributed by atoms with Crippen molar-refractivity contribution in [3.8, 4) is 11.3 Å². The Hall–Kier alpha value is -4.01. The second-order valence-electron chi connectivity index (χ2n) is 6.45. The molecule has 4 aromatic rings. The van der Waals surface area contributed by atoms with Crippen molar-refractivity contribution in [2.75, 3.05) is 17.7 Å². The Bertz CT molecular complexity index is 1190. The predicted octanol–water partition coefficient (Wildman–Crippen LogP) is 4.04. The summed E-state index contributed by atoms with van der Waals surface area (Å²) in [4.78, 5) is 20.7. The Labute approximate surface area is 170 Å². The average molecular weight is 408 g/mol. The Morgan fingerprint density at radius 1 is 1.07 bits per heavy atom. The fourth-order valence-electron chi connectivity index (χ4n) is 3.08. The highest BCUT2D eigenvalue weighted by Gasteiger charge is 2.11. The van der Waals surface area contributed by atoms with Gasteiger partial charge in [-0.1, -0.05) is 18.2 Å². The molecule has 0 saturated heterocycles. The van der Waals surface area contributed by atoms with Gasteiger partial charge < -0.3 is 16.0 Å². The predicted molar refractivity (Wildman–Crippen MR) is 110 cm³/mol. The van der Waals surface area contributed by atoms with Crippen LogP contribution >= 0.6 is 0 Å². The number of rotatable bonds is 5. The van der Waals surface area contributed by atoms with Crippen LogP contribution in [0.1, 0.15) is 5.56 Å². The van der Waals surface area contributed by atoms with E-state index in [0.717, 1.165) is 23.4 Å². The summed E-state index contributed by atoms with van der Waals surface area (Å²) in [7, 11) is 1.78. The molecule has 0 atom stereocenters. The molecule has 0 aliphatic rings. The lowest BCUT2D eigenvalue weighted by molar-refractivity contribution is 0.251. The number of amides is 2. The van der Waals surface area contributed by atoms with Crippen LogP contribution < -0.4 is 16.0 Å². The number of carbonyl (C=O) groups is 1. The van der Waals surface area contributed by atoms with Crippen LogP contribution in [0.5, 0.6) is 0 Å². The average Bonchev–Trinajstić information content (AvgIpc) is 3.18. The minimum Gasteiger partial charge on any atom is -0.370 e. The molecule has 7 nitrogen and oxygen atoms in total. The summed E-state index contributed by atoms with van der Waals surface area (Å²) in [5.41, 5.74) is 2.82. The normalized spacial score (nSPS) is 10.8. The third-order valence-electron chi connectivity index (χ3n) is 4.59. The van der Waals surface area contributed by atoms with Crippen LogP contribution in [0.15, 0.2) is 61.1 Å². The van der Waals surface area contributed by atoms with Crippen molar-refractivity contribution in [1.29, 1.82) is 0 Å². The molecule has 0 unspecified atom stereocenters. The molecule has 0 aliphatic carbocycles. The summed E-state index contributed by atoms with van der Waals surface area (Å²) in [6.07, 6.45) is 5.25. The third-order valence-corrected chi connectivity index (χ3v) is 4.59. The van der Waals surface area contributed by atoms with Gasteiger partial charge in [-0.2, -0.15) is 0 Å². The van der Waals surface area contributed by atoms with Crippen LogP contribution in [0.25, 0.3) is 16.9 Å². The van der Waals surface area contributed by atoms with Crippen molar-refractivity contribution >= 4 is 23.2 Å². The molecule has 0 fully saturated rings. The molecule has 4 rings (SSSR count). The molecule has 2 aromatic heterocycles. The van der Waals surface area contributed by atoms with Crippen molar-refractivity contribution in [2.45, 2.75) is 6.54 Å². The van der Waals surface area contributed by atoms with Gasteiger partial charge in [0.25, 0.3) is 0 Å². The third kappa shape index (κ3) is 3.77. The van der Waals surface area contributed by atoms with Gasteiger partial charge in [-0.3, -0.25) is 4.40 Å². The van der Waals surface area contributed by atoms with E-state index in [1.54, 1.807) is 31.6 Å². The van der Waals surface area contributed by atoms with Gasteiger partial charge in [0.15, 0.2) is 11.5 Å². The number of nitrogens with zero attached hydrogens (tertiary/aromatic N) is 3. The van der Waals surface area contributed by atoms with Crippen LogP contribution in [0.3, 0.4) is 0 Å². The van der Waals surface area contributed by atoms with E-state index < -0.39 is 17.7 Å². The maximum Gasteiger partial charge on any atom is 0.319 e. The second-order valence-corrected chi connectivity index (χ2v) is 6.45. The first-order valence-electron chi connectivity index (χ1n) is 9.15. The number of hydrogen-bond acceptors (Lipinski definition) is 4. The molecule has 0 bridgehead atoms.